The zero-order chi connectivity index (χ0) is 14.3. The molecular weight excluding hydrogens is 278 g/mol. The molecule has 0 fully saturated rings. The molecule has 20 heavy (non-hydrogen) atoms. The first-order valence-corrected chi connectivity index (χ1v) is 6.45. The number of carbonyl (C=O) groups excluding carboxylic acids is 2. The molecule has 112 valence electrons. The Kier molecular flexibility index (Phi) is 8.59. The molecule has 0 aliphatic carbocycles. The van der Waals surface area contributed by atoms with Crippen LogP contribution in [0.2, 0.25) is 0 Å². The van der Waals surface area contributed by atoms with Gasteiger partial charge in [0.05, 0.1) is 6.04 Å². The maximum atomic E-state index is 11.4. The molecule has 0 aromatic heterocycles. The molecule has 6 heteroatoms. The van der Waals surface area contributed by atoms with Crippen molar-refractivity contribution in [1.29, 1.82) is 0 Å². The van der Waals surface area contributed by atoms with Crippen LogP contribution in [0.15, 0.2) is 24.3 Å². The molecule has 1 atom stereocenters. The van der Waals surface area contributed by atoms with Crippen LogP contribution in [0.1, 0.15) is 32.3 Å². The molecule has 0 heterocycles. The smallest absolute Gasteiger partial charge is 0.236 e. The lowest BCUT2D eigenvalue weighted by molar-refractivity contribution is -0.122. The molecular formula is C14H22ClN3O2. The predicted molar refractivity (Wildman–Crippen MR) is 82.7 cm³/mol. The normalized spacial score (nSPS) is 11.2. The third-order valence-corrected chi connectivity index (χ3v) is 2.60. The highest BCUT2D eigenvalue weighted by Gasteiger charge is 2.06. The van der Waals surface area contributed by atoms with Gasteiger partial charge in [-0.1, -0.05) is 19.1 Å². The molecule has 1 aromatic rings. The Bertz CT molecular complexity index is 433. The standard InChI is InChI=1S/C14H21N3O2.ClH/c1-3-4-13(18)17-12-7-5-11(6-8-12)9-16-14(19)10(2)15;/h5-8,10H,3-4,9,15H2,1-2H3,(H,16,19)(H,17,18);1H/t10-;/m0./s1. The summed E-state index contributed by atoms with van der Waals surface area (Å²) >= 11 is 0. The summed E-state index contributed by atoms with van der Waals surface area (Å²) in [5.74, 6) is -0.166. The summed E-state index contributed by atoms with van der Waals surface area (Å²) in [6.45, 7) is 4.04. The van der Waals surface area contributed by atoms with Crippen molar-refractivity contribution in [3.05, 3.63) is 29.8 Å². The second-order valence-corrected chi connectivity index (χ2v) is 4.50. The van der Waals surface area contributed by atoms with E-state index in [-0.39, 0.29) is 24.2 Å². The summed E-state index contributed by atoms with van der Waals surface area (Å²) in [5, 5.41) is 5.53. The lowest BCUT2D eigenvalue weighted by Gasteiger charge is -2.09. The van der Waals surface area contributed by atoms with Crippen molar-refractivity contribution in [3.63, 3.8) is 0 Å². The number of hydrogen-bond donors (Lipinski definition) is 3. The number of hydrogen-bond acceptors (Lipinski definition) is 3. The molecule has 0 saturated heterocycles. The summed E-state index contributed by atoms with van der Waals surface area (Å²) < 4.78 is 0. The number of amides is 2. The first kappa shape index (κ1) is 18.4. The van der Waals surface area contributed by atoms with Crippen LogP contribution < -0.4 is 16.4 Å². The zero-order valence-electron chi connectivity index (χ0n) is 11.8. The molecule has 0 saturated carbocycles. The third-order valence-electron chi connectivity index (χ3n) is 2.60. The van der Waals surface area contributed by atoms with Crippen LogP contribution >= 0.6 is 12.4 Å². The number of carbonyl (C=O) groups is 2. The van der Waals surface area contributed by atoms with E-state index in [0.717, 1.165) is 17.7 Å². The summed E-state index contributed by atoms with van der Waals surface area (Å²) in [6, 6.07) is 6.86. The maximum Gasteiger partial charge on any atom is 0.236 e. The number of anilines is 1. The summed E-state index contributed by atoms with van der Waals surface area (Å²) in [6.07, 6.45) is 1.35. The van der Waals surface area contributed by atoms with E-state index in [1.165, 1.54) is 0 Å². The van der Waals surface area contributed by atoms with Crippen LogP contribution in [0.5, 0.6) is 0 Å². The van der Waals surface area contributed by atoms with Crippen molar-refractivity contribution >= 4 is 29.9 Å². The lowest BCUT2D eigenvalue weighted by atomic mass is 10.2. The fourth-order valence-corrected chi connectivity index (χ4v) is 1.51. The first-order chi connectivity index (χ1) is 9.02. The average molecular weight is 300 g/mol. The van der Waals surface area contributed by atoms with Crippen LogP contribution in [0, 0.1) is 0 Å². The molecule has 0 bridgehead atoms. The second kappa shape index (κ2) is 9.34. The number of rotatable bonds is 6. The minimum atomic E-state index is -0.507. The second-order valence-electron chi connectivity index (χ2n) is 4.50. The molecule has 0 aliphatic heterocycles. The molecule has 5 nitrogen and oxygen atoms in total. The first-order valence-electron chi connectivity index (χ1n) is 6.45. The van der Waals surface area contributed by atoms with Gasteiger partial charge in [0.2, 0.25) is 11.8 Å². The van der Waals surface area contributed by atoms with Gasteiger partial charge < -0.3 is 16.4 Å². The van der Waals surface area contributed by atoms with Gasteiger partial charge in [-0.15, -0.1) is 12.4 Å². The molecule has 1 aromatic carbocycles. The largest absolute Gasteiger partial charge is 0.351 e. The summed E-state index contributed by atoms with van der Waals surface area (Å²) in [4.78, 5) is 22.7. The van der Waals surface area contributed by atoms with E-state index in [1.54, 1.807) is 6.92 Å². The average Bonchev–Trinajstić information content (AvgIpc) is 2.37. The van der Waals surface area contributed by atoms with Gasteiger partial charge >= 0.3 is 0 Å². The van der Waals surface area contributed by atoms with Gasteiger partial charge in [-0.2, -0.15) is 0 Å². The van der Waals surface area contributed by atoms with Crippen LogP contribution in [-0.4, -0.2) is 17.9 Å². The van der Waals surface area contributed by atoms with Crippen molar-refractivity contribution in [2.75, 3.05) is 5.32 Å². The number of halogens is 1. The Hall–Kier alpha value is -1.59. The molecule has 4 N–H and O–H groups in total. The van der Waals surface area contributed by atoms with E-state index in [4.69, 9.17) is 5.73 Å². The Labute approximate surface area is 125 Å². The van der Waals surface area contributed by atoms with Gasteiger partial charge in [-0.25, -0.2) is 0 Å². The fraction of sp³-hybridized carbons (Fsp3) is 0.429. The van der Waals surface area contributed by atoms with E-state index in [2.05, 4.69) is 10.6 Å². The van der Waals surface area contributed by atoms with Crippen molar-refractivity contribution in [1.82, 2.24) is 5.32 Å². The SMILES string of the molecule is CCCC(=O)Nc1ccc(CNC(=O)[C@H](C)N)cc1.Cl. The highest BCUT2D eigenvalue weighted by Crippen LogP contribution is 2.10. The van der Waals surface area contributed by atoms with Crippen LogP contribution in [0.3, 0.4) is 0 Å². The Morgan fingerprint density at radius 1 is 1.25 bits per heavy atom. The van der Waals surface area contributed by atoms with Gasteiger partial charge in [0.15, 0.2) is 0 Å². The molecule has 0 aliphatic rings. The van der Waals surface area contributed by atoms with Gasteiger partial charge in [0.25, 0.3) is 0 Å². The summed E-state index contributed by atoms with van der Waals surface area (Å²) in [7, 11) is 0. The van der Waals surface area contributed by atoms with E-state index >= 15 is 0 Å². The van der Waals surface area contributed by atoms with Crippen molar-refractivity contribution in [2.24, 2.45) is 5.73 Å². The number of nitrogens with two attached hydrogens (primary N) is 1. The predicted octanol–water partition coefficient (Wildman–Crippen LogP) is 1.81. The van der Waals surface area contributed by atoms with Gasteiger partial charge in [-0.3, -0.25) is 9.59 Å². The molecule has 2 amide bonds. The Morgan fingerprint density at radius 3 is 2.35 bits per heavy atom. The molecule has 0 unspecified atom stereocenters. The van der Waals surface area contributed by atoms with Crippen LogP contribution in [0.25, 0.3) is 0 Å². The minimum absolute atomic E-state index is 0. The van der Waals surface area contributed by atoms with Crippen LogP contribution in [-0.2, 0) is 16.1 Å². The molecule has 0 radical (unpaired) electrons. The zero-order valence-corrected chi connectivity index (χ0v) is 12.6. The van der Waals surface area contributed by atoms with Gasteiger partial charge in [0, 0.05) is 18.7 Å². The van der Waals surface area contributed by atoms with E-state index in [9.17, 15) is 9.59 Å². The number of nitrogens with one attached hydrogen (secondary N) is 2. The summed E-state index contributed by atoms with van der Waals surface area (Å²) in [5.41, 5.74) is 7.17. The lowest BCUT2D eigenvalue weighted by Crippen LogP contribution is -2.37. The fourth-order valence-electron chi connectivity index (χ4n) is 1.51. The van der Waals surface area contributed by atoms with E-state index in [1.807, 2.05) is 31.2 Å². The van der Waals surface area contributed by atoms with E-state index < -0.39 is 6.04 Å². The van der Waals surface area contributed by atoms with Crippen molar-refractivity contribution in [2.45, 2.75) is 39.3 Å². The third kappa shape index (κ3) is 6.54. The topological polar surface area (TPSA) is 84.2 Å². The van der Waals surface area contributed by atoms with E-state index in [0.29, 0.717) is 13.0 Å². The quantitative estimate of drug-likeness (QED) is 0.749. The minimum Gasteiger partial charge on any atom is -0.351 e. The highest BCUT2D eigenvalue weighted by atomic mass is 35.5. The maximum absolute atomic E-state index is 11.4. The van der Waals surface area contributed by atoms with Crippen molar-refractivity contribution < 1.29 is 9.59 Å². The van der Waals surface area contributed by atoms with Gasteiger partial charge in [-0.05, 0) is 31.0 Å². The van der Waals surface area contributed by atoms with Crippen LogP contribution in [0.4, 0.5) is 5.69 Å². The Balaban J connectivity index is 0.00000361. The van der Waals surface area contributed by atoms with Gasteiger partial charge in [0.1, 0.15) is 0 Å². The molecule has 1 rings (SSSR count). The van der Waals surface area contributed by atoms with Crippen molar-refractivity contribution in [3.8, 4) is 0 Å². The number of benzene rings is 1. The Morgan fingerprint density at radius 2 is 1.85 bits per heavy atom. The highest BCUT2D eigenvalue weighted by molar-refractivity contribution is 5.90. The monoisotopic (exact) mass is 299 g/mol. The molecule has 0 spiro atoms.